The molecule has 2 aromatic carbocycles. The lowest BCUT2D eigenvalue weighted by molar-refractivity contribution is -0.0794. The number of nitrogens with zero attached hydrogens (tertiary/aromatic N) is 3. The summed E-state index contributed by atoms with van der Waals surface area (Å²) < 4.78 is 22.6. The zero-order valence-corrected chi connectivity index (χ0v) is 20.1. The summed E-state index contributed by atoms with van der Waals surface area (Å²) in [4.78, 5) is 27.7. The highest BCUT2D eigenvalue weighted by Gasteiger charge is 2.53. The summed E-state index contributed by atoms with van der Waals surface area (Å²) in [6.45, 7) is 4.61. The van der Waals surface area contributed by atoms with Gasteiger partial charge in [0.1, 0.15) is 11.4 Å². The van der Waals surface area contributed by atoms with E-state index < -0.39 is 22.9 Å². The average Bonchev–Trinajstić information content (AvgIpc) is 3.15. The summed E-state index contributed by atoms with van der Waals surface area (Å²) in [5.74, 6) is -0.815. The van der Waals surface area contributed by atoms with Crippen LogP contribution in [-0.2, 0) is 16.9 Å². The highest BCUT2D eigenvalue weighted by atomic mass is 35.5. The van der Waals surface area contributed by atoms with Crippen molar-refractivity contribution in [3.8, 4) is 0 Å². The number of benzene rings is 2. The molecule has 10 heteroatoms. The molecule has 3 aromatic rings. The van der Waals surface area contributed by atoms with Gasteiger partial charge in [-0.1, -0.05) is 55.8 Å². The van der Waals surface area contributed by atoms with Crippen molar-refractivity contribution in [1.29, 1.82) is 0 Å². The van der Waals surface area contributed by atoms with Gasteiger partial charge in [0.25, 0.3) is 5.91 Å². The number of nitrogens with two attached hydrogens (primary N) is 1. The van der Waals surface area contributed by atoms with E-state index in [-0.39, 0.29) is 40.1 Å². The number of anilines is 2. The Bertz CT molecular complexity index is 1330. The van der Waals surface area contributed by atoms with Crippen LogP contribution in [0.2, 0.25) is 5.02 Å². The Morgan fingerprint density at radius 2 is 1.97 bits per heavy atom. The molecule has 1 atom stereocenters. The maximum absolute atomic E-state index is 15.3. The second-order valence-corrected chi connectivity index (χ2v) is 10.3. The van der Waals surface area contributed by atoms with Gasteiger partial charge in [-0.05, 0) is 23.1 Å². The number of rotatable bonds is 3. The molecule has 1 saturated heterocycles. The second-order valence-electron chi connectivity index (χ2n) is 9.88. The van der Waals surface area contributed by atoms with E-state index in [0.29, 0.717) is 19.5 Å². The summed E-state index contributed by atoms with van der Waals surface area (Å²) >= 11 is 6.09. The molecule has 0 radical (unpaired) electrons. The van der Waals surface area contributed by atoms with Crippen molar-refractivity contribution >= 4 is 35.1 Å². The summed E-state index contributed by atoms with van der Waals surface area (Å²) in [6.07, 6.45) is 1.04. The van der Waals surface area contributed by atoms with E-state index in [9.17, 15) is 9.59 Å². The Morgan fingerprint density at radius 1 is 1.23 bits per heavy atom. The summed E-state index contributed by atoms with van der Waals surface area (Å²) in [5.41, 5.74) is 6.06. The molecule has 2 aliphatic rings. The predicted molar refractivity (Wildman–Crippen MR) is 130 cm³/mol. The number of carbonyl (C=O) groups is 2. The van der Waals surface area contributed by atoms with Crippen LogP contribution in [0.25, 0.3) is 0 Å². The normalized spacial score (nSPS) is 20.8. The standard InChI is InChI=1S/C25H25ClFN5O3/c1-24(2)12-25(19-18(30-23(34)35-25)9-8-17(26)20(19)27)14-31(13-24)22(33)16-10-29-32(21(16)28)11-15-6-4-3-5-7-15/h3-10H,11-14,28H2,1-2H3,(H,30,34)/t25-/m0/s1. The van der Waals surface area contributed by atoms with Crippen LogP contribution in [0.5, 0.6) is 0 Å². The number of amides is 2. The molecule has 1 fully saturated rings. The topological polar surface area (TPSA) is 102 Å². The Kier molecular flexibility index (Phi) is 5.47. The molecular formula is C25H25ClFN5O3. The smallest absolute Gasteiger partial charge is 0.412 e. The fraction of sp³-hybridized carbons (Fsp3) is 0.320. The molecule has 1 spiro atoms. The van der Waals surface area contributed by atoms with Gasteiger partial charge in [-0.2, -0.15) is 5.10 Å². The van der Waals surface area contributed by atoms with E-state index >= 15 is 4.39 Å². The number of nitrogen functional groups attached to an aromatic ring is 1. The Balaban J connectivity index is 1.51. The fourth-order valence-corrected chi connectivity index (χ4v) is 5.38. The lowest BCUT2D eigenvalue weighted by atomic mass is 9.71. The van der Waals surface area contributed by atoms with Gasteiger partial charge in [-0.15, -0.1) is 0 Å². The highest BCUT2D eigenvalue weighted by Crippen LogP contribution is 2.49. The molecule has 0 unspecified atom stereocenters. The van der Waals surface area contributed by atoms with Crippen LogP contribution in [-0.4, -0.2) is 39.8 Å². The van der Waals surface area contributed by atoms with Gasteiger partial charge in [0.05, 0.1) is 35.6 Å². The van der Waals surface area contributed by atoms with Crippen LogP contribution >= 0.6 is 11.6 Å². The second kappa shape index (κ2) is 8.27. The quantitative estimate of drug-likeness (QED) is 0.549. The van der Waals surface area contributed by atoms with E-state index in [1.165, 1.54) is 12.3 Å². The molecule has 35 heavy (non-hydrogen) atoms. The first-order valence-electron chi connectivity index (χ1n) is 11.2. The van der Waals surface area contributed by atoms with Crippen LogP contribution in [0.15, 0.2) is 48.7 Å². The molecule has 0 saturated carbocycles. The third kappa shape index (κ3) is 4.10. The predicted octanol–water partition coefficient (Wildman–Crippen LogP) is 4.64. The molecule has 1 aromatic heterocycles. The van der Waals surface area contributed by atoms with E-state index in [2.05, 4.69) is 10.4 Å². The maximum atomic E-state index is 15.3. The van der Waals surface area contributed by atoms with Gasteiger partial charge >= 0.3 is 6.09 Å². The summed E-state index contributed by atoms with van der Waals surface area (Å²) in [5, 5.41) is 6.77. The fourth-order valence-electron chi connectivity index (χ4n) is 5.22. The minimum atomic E-state index is -1.40. The Labute approximate surface area is 206 Å². The number of nitrogens with one attached hydrogen (secondary N) is 1. The van der Waals surface area contributed by atoms with Gasteiger partial charge < -0.3 is 15.4 Å². The molecule has 3 heterocycles. The van der Waals surface area contributed by atoms with Gasteiger partial charge in [-0.25, -0.2) is 13.9 Å². The van der Waals surface area contributed by atoms with Crippen molar-refractivity contribution in [2.45, 2.75) is 32.4 Å². The van der Waals surface area contributed by atoms with Crippen LogP contribution < -0.4 is 11.1 Å². The third-order valence-corrected chi connectivity index (χ3v) is 6.77. The highest BCUT2D eigenvalue weighted by molar-refractivity contribution is 6.31. The lowest BCUT2D eigenvalue weighted by Gasteiger charge is -2.50. The average molecular weight is 498 g/mol. The SMILES string of the molecule is CC1(C)CN(C(=O)c2cnn(Cc3ccccc3)c2N)C[C@]2(C1)OC(=O)Nc1ccc(Cl)c(F)c12. The first-order chi connectivity index (χ1) is 16.6. The molecular weight excluding hydrogens is 473 g/mol. The molecule has 2 amide bonds. The number of fused-ring (bicyclic) bond motifs is 2. The number of halogens is 2. The Morgan fingerprint density at radius 3 is 2.71 bits per heavy atom. The van der Waals surface area contributed by atoms with Gasteiger partial charge in [0, 0.05) is 13.0 Å². The van der Waals surface area contributed by atoms with E-state index in [4.69, 9.17) is 22.1 Å². The number of piperidine rings is 1. The van der Waals surface area contributed by atoms with E-state index in [0.717, 1.165) is 5.56 Å². The maximum Gasteiger partial charge on any atom is 0.412 e. The zero-order valence-electron chi connectivity index (χ0n) is 19.3. The largest absolute Gasteiger partial charge is 0.436 e. The van der Waals surface area contributed by atoms with Gasteiger partial charge in [0.15, 0.2) is 11.4 Å². The first kappa shape index (κ1) is 23.2. The Hall–Kier alpha value is -3.59. The summed E-state index contributed by atoms with van der Waals surface area (Å²) in [6, 6.07) is 12.6. The number of carbonyl (C=O) groups excluding carboxylic acids is 2. The number of hydrogen-bond acceptors (Lipinski definition) is 5. The van der Waals surface area contributed by atoms with Crippen LogP contribution in [0.1, 0.15) is 41.8 Å². The number of hydrogen-bond donors (Lipinski definition) is 2. The number of ether oxygens (including phenoxy) is 1. The van der Waals surface area contributed by atoms with Crippen LogP contribution in [0, 0.1) is 11.2 Å². The molecule has 0 bridgehead atoms. The first-order valence-corrected chi connectivity index (χ1v) is 11.6. The minimum absolute atomic E-state index is 0.0454. The van der Waals surface area contributed by atoms with Crippen molar-refractivity contribution in [3.05, 3.63) is 76.2 Å². The molecule has 2 aliphatic heterocycles. The van der Waals surface area contributed by atoms with E-state index in [1.54, 1.807) is 15.6 Å². The van der Waals surface area contributed by atoms with E-state index in [1.807, 2.05) is 44.2 Å². The number of aromatic nitrogens is 2. The molecule has 8 nitrogen and oxygen atoms in total. The zero-order chi connectivity index (χ0) is 25.0. The van der Waals surface area contributed by atoms with Gasteiger partial charge in [-0.3, -0.25) is 10.1 Å². The number of likely N-dealkylation sites (tertiary alicyclic amines) is 1. The molecule has 5 rings (SSSR count). The third-order valence-electron chi connectivity index (χ3n) is 6.48. The lowest BCUT2D eigenvalue weighted by Crippen LogP contribution is -2.58. The minimum Gasteiger partial charge on any atom is -0.436 e. The van der Waals surface area contributed by atoms with Crippen molar-refractivity contribution in [2.24, 2.45) is 5.41 Å². The van der Waals surface area contributed by atoms with Crippen molar-refractivity contribution < 1.29 is 18.7 Å². The molecule has 182 valence electrons. The van der Waals surface area contributed by atoms with Crippen molar-refractivity contribution in [2.75, 3.05) is 24.1 Å². The van der Waals surface area contributed by atoms with Gasteiger partial charge in [0.2, 0.25) is 0 Å². The summed E-state index contributed by atoms with van der Waals surface area (Å²) in [7, 11) is 0. The van der Waals surface area contributed by atoms with Crippen molar-refractivity contribution in [3.63, 3.8) is 0 Å². The van der Waals surface area contributed by atoms with Crippen LogP contribution in [0.4, 0.5) is 20.7 Å². The molecule has 3 N–H and O–H groups in total. The molecule has 0 aliphatic carbocycles. The van der Waals surface area contributed by atoms with Crippen molar-refractivity contribution in [1.82, 2.24) is 14.7 Å². The van der Waals surface area contributed by atoms with Crippen LogP contribution in [0.3, 0.4) is 0 Å². The monoisotopic (exact) mass is 497 g/mol.